The third kappa shape index (κ3) is 3.42. The fraction of sp³-hybridized carbons (Fsp3) is 0.500. The second kappa shape index (κ2) is 3.74. The van der Waals surface area contributed by atoms with Crippen LogP contribution in [0.3, 0.4) is 0 Å². The highest BCUT2D eigenvalue weighted by Crippen LogP contribution is 2.16. The Kier molecular flexibility index (Phi) is 2.87. The lowest BCUT2D eigenvalue weighted by atomic mass is 10.0. The molecule has 0 spiro atoms. The first-order valence-electron chi connectivity index (χ1n) is 3.85. The second-order valence-corrected chi connectivity index (χ2v) is 4.06. The average Bonchev–Trinajstić information content (AvgIpc) is 2.34. The molecule has 1 heterocycles. The minimum absolute atomic E-state index is 0.583. The molecule has 0 saturated heterocycles. The predicted octanol–water partition coefficient (Wildman–Crippen LogP) is 1.56. The molecule has 1 aromatic heterocycles. The summed E-state index contributed by atoms with van der Waals surface area (Å²) in [6, 6.07) is 0. The third-order valence-corrected chi connectivity index (χ3v) is 2.10. The molecule has 72 valence electrons. The Morgan fingerprint density at radius 1 is 1.77 bits per heavy atom. The maximum atomic E-state index is 10.5. The molecule has 1 aromatic rings. The summed E-state index contributed by atoms with van der Waals surface area (Å²) in [5, 5.41) is 1.92. The van der Waals surface area contributed by atoms with Crippen LogP contribution in [-0.2, 0) is 11.2 Å². The maximum absolute atomic E-state index is 10.5. The molecule has 0 bridgehead atoms. The molecular weight excluding hydrogens is 188 g/mol. The van der Waals surface area contributed by atoms with Crippen LogP contribution in [0.15, 0.2) is 10.9 Å². The number of rotatable bonds is 3. The Balaban J connectivity index is 2.56. The van der Waals surface area contributed by atoms with E-state index in [1.165, 1.54) is 11.3 Å². The number of carbonyl (C=O) groups is 1. The summed E-state index contributed by atoms with van der Waals surface area (Å²) < 4.78 is 4.91. The van der Waals surface area contributed by atoms with Crippen molar-refractivity contribution in [2.45, 2.75) is 25.9 Å². The summed E-state index contributed by atoms with van der Waals surface area (Å²) in [4.78, 5) is 14.6. The van der Waals surface area contributed by atoms with Gasteiger partial charge in [0.05, 0.1) is 11.2 Å². The van der Waals surface area contributed by atoms with Crippen LogP contribution in [0, 0.1) is 0 Å². The van der Waals surface area contributed by atoms with Gasteiger partial charge in [-0.25, -0.2) is 9.78 Å². The van der Waals surface area contributed by atoms with Gasteiger partial charge >= 0.3 is 6.09 Å². The Morgan fingerprint density at radius 2 is 2.46 bits per heavy atom. The topological polar surface area (TPSA) is 65.2 Å². The van der Waals surface area contributed by atoms with Gasteiger partial charge in [-0.1, -0.05) is 0 Å². The molecular formula is C8H12N2O2S. The smallest absolute Gasteiger partial charge is 0.405 e. The Bertz CT molecular complexity index is 282. The number of aromatic nitrogens is 1. The van der Waals surface area contributed by atoms with Crippen LogP contribution in [0.25, 0.3) is 0 Å². The highest BCUT2D eigenvalue weighted by Gasteiger charge is 2.22. The highest BCUT2D eigenvalue weighted by molar-refractivity contribution is 7.07. The minimum atomic E-state index is -0.750. The first-order chi connectivity index (χ1) is 5.99. The first-order valence-corrected chi connectivity index (χ1v) is 4.79. The predicted molar refractivity (Wildman–Crippen MR) is 50.6 cm³/mol. The van der Waals surface area contributed by atoms with Crippen molar-refractivity contribution in [3.63, 3.8) is 0 Å². The summed E-state index contributed by atoms with van der Waals surface area (Å²) >= 11 is 1.52. The van der Waals surface area contributed by atoms with Crippen LogP contribution in [0.4, 0.5) is 4.79 Å². The minimum Gasteiger partial charge on any atom is -0.443 e. The number of hydrogen-bond donors (Lipinski definition) is 1. The van der Waals surface area contributed by atoms with Crippen LogP contribution in [-0.4, -0.2) is 16.7 Å². The van der Waals surface area contributed by atoms with Crippen molar-refractivity contribution >= 4 is 17.4 Å². The molecule has 0 unspecified atom stereocenters. The zero-order valence-corrected chi connectivity index (χ0v) is 8.43. The lowest BCUT2D eigenvalue weighted by Gasteiger charge is -2.22. The molecule has 0 saturated carbocycles. The summed E-state index contributed by atoms with van der Waals surface area (Å²) in [5.74, 6) is 0. The summed E-state index contributed by atoms with van der Waals surface area (Å²) in [6.45, 7) is 3.61. The monoisotopic (exact) mass is 200 g/mol. The van der Waals surface area contributed by atoms with Gasteiger partial charge in [0.1, 0.15) is 5.60 Å². The number of nitrogens with two attached hydrogens (primary N) is 1. The molecule has 1 rings (SSSR count). The number of nitrogens with zero attached hydrogens (tertiary/aromatic N) is 1. The van der Waals surface area contributed by atoms with Crippen molar-refractivity contribution in [2.75, 3.05) is 0 Å². The zero-order chi connectivity index (χ0) is 9.90. The molecule has 0 aromatic carbocycles. The van der Waals surface area contributed by atoms with E-state index in [0.29, 0.717) is 6.42 Å². The van der Waals surface area contributed by atoms with Gasteiger partial charge < -0.3 is 10.5 Å². The molecule has 13 heavy (non-hydrogen) atoms. The van der Waals surface area contributed by atoms with Crippen LogP contribution < -0.4 is 5.73 Å². The molecule has 0 radical (unpaired) electrons. The molecule has 0 fully saturated rings. The van der Waals surface area contributed by atoms with E-state index in [-0.39, 0.29) is 0 Å². The van der Waals surface area contributed by atoms with Crippen molar-refractivity contribution in [2.24, 2.45) is 5.73 Å². The van der Waals surface area contributed by atoms with Crippen molar-refractivity contribution in [1.29, 1.82) is 0 Å². The summed E-state index contributed by atoms with van der Waals surface area (Å²) in [7, 11) is 0. The van der Waals surface area contributed by atoms with Gasteiger partial charge in [0, 0.05) is 11.8 Å². The molecule has 4 nitrogen and oxygen atoms in total. The zero-order valence-electron chi connectivity index (χ0n) is 7.61. The fourth-order valence-corrected chi connectivity index (χ4v) is 1.63. The Labute approximate surface area is 80.7 Å². The highest BCUT2D eigenvalue weighted by atomic mass is 32.1. The molecule has 0 aliphatic rings. The first kappa shape index (κ1) is 9.98. The molecule has 1 amide bonds. The molecule has 0 aliphatic heterocycles. The molecule has 5 heteroatoms. The van der Waals surface area contributed by atoms with Gasteiger partial charge in [-0.2, -0.15) is 0 Å². The molecule has 0 atom stereocenters. The van der Waals surface area contributed by atoms with Crippen LogP contribution >= 0.6 is 11.3 Å². The van der Waals surface area contributed by atoms with Crippen molar-refractivity contribution < 1.29 is 9.53 Å². The van der Waals surface area contributed by atoms with Crippen LogP contribution in [0.1, 0.15) is 19.5 Å². The Morgan fingerprint density at radius 3 is 2.92 bits per heavy atom. The third-order valence-electron chi connectivity index (χ3n) is 1.47. The maximum Gasteiger partial charge on any atom is 0.405 e. The van der Waals surface area contributed by atoms with Crippen LogP contribution in [0.2, 0.25) is 0 Å². The lowest BCUT2D eigenvalue weighted by molar-refractivity contribution is 0.0454. The van der Waals surface area contributed by atoms with Crippen molar-refractivity contribution in [3.05, 3.63) is 16.6 Å². The fourth-order valence-electron chi connectivity index (χ4n) is 1.07. The van der Waals surface area contributed by atoms with Gasteiger partial charge in [-0.3, -0.25) is 0 Å². The van der Waals surface area contributed by atoms with Gasteiger partial charge in [0.2, 0.25) is 0 Å². The lowest BCUT2D eigenvalue weighted by Crippen LogP contribution is -2.33. The average molecular weight is 200 g/mol. The number of primary amides is 1. The molecule has 2 N–H and O–H groups in total. The number of hydrogen-bond acceptors (Lipinski definition) is 4. The summed E-state index contributed by atoms with van der Waals surface area (Å²) in [5.41, 5.74) is 7.00. The number of thiazole rings is 1. The van der Waals surface area contributed by atoms with Gasteiger partial charge in [0.15, 0.2) is 0 Å². The normalized spacial score (nSPS) is 11.2. The van der Waals surface area contributed by atoms with Crippen molar-refractivity contribution in [3.8, 4) is 0 Å². The van der Waals surface area contributed by atoms with E-state index < -0.39 is 11.7 Å². The van der Waals surface area contributed by atoms with Gasteiger partial charge in [-0.05, 0) is 13.8 Å². The van der Waals surface area contributed by atoms with Crippen LogP contribution in [0.5, 0.6) is 0 Å². The van der Waals surface area contributed by atoms with E-state index in [1.54, 1.807) is 19.4 Å². The van der Waals surface area contributed by atoms with E-state index in [9.17, 15) is 4.79 Å². The van der Waals surface area contributed by atoms with E-state index in [1.807, 2.05) is 5.38 Å². The largest absolute Gasteiger partial charge is 0.443 e. The standard InChI is InChI=1S/C8H12N2O2S/c1-8(2,12-7(9)11)3-6-4-13-5-10-6/h4-5H,3H2,1-2H3,(H2,9,11). The van der Waals surface area contributed by atoms with E-state index in [4.69, 9.17) is 10.5 Å². The molecule has 0 aliphatic carbocycles. The summed E-state index contributed by atoms with van der Waals surface area (Å²) in [6.07, 6.45) is -0.167. The number of ether oxygens (including phenoxy) is 1. The van der Waals surface area contributed by atoms with E-state index >= 15 is 0 Å². The number of amides is 1. The number of carbonyl (C=O) groups excluding carboxylic acids is 1. The van der Waals surface area contributed by atoms with Crippen molar-refractivity contribution in [1.82, 2.24) is 4.98 Å². The van der Waals surface area contributed by atoms with E-state index in [2.05, 4.69) is 4.98 Å². The van der Waals surface area contributed by atoms with Gasteiger partial charge in [-0.15, -0.1) is 11.3 Å². The van der Waals surface area contributed by atoms with E-state index in [0.717, 1.165) is 5.69 Å². The SMILES string of the molecule is CC(C)(Cc1cscn1)OC(N)=O. The Hall–Kier alpha value is -1.10. The quantitative estimate of drug-likeness (QED) is 0.805. The second-order valence-electron chi connectivity index (χ2n) is 3.34. The van der Waals surface area contributed by atoms with Gasteiger partial charge in [0.25, 0.3) is 0 Å².